The predicted molar refractivity (Wildman–Crippen MR) is 66.4 cm³/mol. The third kappa shape index (κ3) is 2.58. The fourth-order valence-corrected chi connectivity index (χ4v) is 3.45. The summed E-state index contributed by atoms with van der Waals surface area (Å²) >= 11 is 0. The van der Waals surface area contributed by atoms with Gasteiger partial charge in [0.1, 0.15) is 0 Å². The highest BCUT2D eigenvalue weighted by atomic mass is 16.5. The molecule has 0 aromatic heterocycles. The van der Waals surface area contributed by atoms with Gasteiger partial charge < -0.3 is 10.5 Å². The first-order valence-corrected chi connectivity index (χ1v) is 6.76. The smallest absolute Gasteiger partial charge is 0.0726 e. The van der Waals surface area contributed by atoms with Crippen LogP contribution < -0.4 is 5.73 Å². The lowest BCUT2D eigenvalue weighted by Gasteiger charge is -2.45. The molecule has 1 aliphatic carbocycles. The van der Waals surface area contributed by atoms with Crippen molar-refractivity contribution in [1.29, 1.82) is 0 Å². The minimum Gasteiger partial charge on any atom is -0.380 e. The topological polar surface area (TPSA) is 38.5 Å². The van der Waals surface area contributed by atoms with Crippen molar-refractivity contribution in [2.45, 2.75) is 69.7 Å². The highest BCUT2D eigenvalue weighted by Crippen LogP contribution is 2.29. The van der Waals surface area contributed by atoms with Crippen LogP contribution in [0.15, 0.2) is 0 Å². The minimum atomic E-state index is 0.413. The standard InChI is InChI=1S/C13H26N2O/c1-10-9-11(14)7-8-15(10)12-5-3-4-6-13(12)16-2/h10-13H,3-9,14H2,1-2H3. The van der Waals surface area contributed by atoms with Gasteiger partial charge in [0.05, 0.1) is 6.10 Å². The number of methoxy groups -OCH3 is 1. The Bertz CT molecular complexity index is 222. The SMILES string of the molecule is COC1CCCCC1N1CCC(N)CC1C. The second kappa shape index (κ2) is 5.48. The molecule has 0 radical (unpaired) electrons. The summed E-state index contributed by atoms with van der Waals surface area (Å²) in [6, 6.07) is 1.68. The predicted octanol–water partition coefficient (Wildman–Crippen LogP) is 1.76. The van der Waals surface area contributed by atoms with E-state index in [0.717, 1.165) is 19.4 Å². The van der Waals surface area contributed by atoms with E-state index >= 15 is 0 Å². The third-order valence-electron chi connectivity index (χ3n) is 4.36. The van der Waals surface area contributed by atoms with Crippen molar-refractivity contribution in [1.82, 2.24) is 4.90 Å². The van der Waals surface area contributed by atoms with Crippen LogP contribution in [0.25, 0.3) is 0 Å². The van der Waals surface area contributed by atoms with E-state index in [1.165, 1.54) is 25.7 Å². The summed E-state index contributed by atoms with van der Waals surface area (Å²) in [6.45, 7) is 3.48. The average Bonchev–Trinajstić information content (AvgIpc) is 2.29. The Labute approximate surface area is 99.3 Å². The van der Waals surface area contributed by atoms with Crippen molar-refractivity contribution in [3.8, 4) is 0 Å². The lowest BCUT2D eigenvalue weighted by molar-refractivity contribution is -0.0358. The lowest BCUT2D eigenvalue weighted by atomic mass is 9.87. The first-order valence-electron chi connectivity index (χ1n) is 6.76. The van der Waals surface area contributed by atoms with E-state index in [9.17, 15) is 0 Å². The number of hydrogen-bond acceptors (Lipinski definition) is 3. The highest BCUT2D eigenvalue weighted by molar-refractivity contribution is 4.90. The van der Waals surface area contributed by atoms with Crippen LogP contribution in [0, 0.1) is 0 Å². The van der Waals surface area contributed by atoms with Crippen LogP contribution in [0.3, 0.4) is 0 Å². The molecule has 0 aromatic rings. The van der Waals surface area contributed by atoms with Crippen LogP contribution in [0.4, 0.5) is 0 Å². The van der Waals surface area contributed by atoms with Crippen molar-refractivity contribution in [3.63, 3.8) is 0 Å². The maximum Gasteiger partial charge on any atom is 0.0726 e. The summed E-state index contributed by atoms with van der Waals surface area (Å²) in [5.41, 5.74) is 6.03. The molecule has 3 heteroatoms. The molecule has 1 aliphatic heterocycles. The Kier molecular flexibility index (Phi) is 4.22. The number of nitrogens with two attached hydrogens (primary N) is 1. The fourth-order valence-electron chi connectivity index (χ4n) is 3.45. The molecular formula is C13H26N2O. The number of piperidine rings is 1. The number of ether oxygens (including phenoxy) is 1. The number of hydrogen-bond donors (Lipinski definition) is 1. The van der Waals surface area contributed by atoms with Crippen molar-refractivity contribution >= 4 is 0 Å². The number of rotatable bonds is 2. The maximum absolute atomic E-state index is 6.03. The summed E-state index contributed by atoms with van der Waals surface area (Å²) in [6.07, 6.45) is 7.97. The molecular weight excluding hydrogens is 200 g/mol. The fraction of sp³-hybridized carbons (Fsp3) is 1.00. The summed E-state index contributed by atoms with van der Waals surface area (Å²) in [5.74, 6) is 0. The highest BCUT2D eigenvalue weighted by Gasteiger charge is 2.35. The van der Waals surface area contributed by atoms with Gasteiger partial charge in [-0.05, 0) is 32.6 Å². The van der Waals surface area contributed by atoms with Crippen molar-refractivity contribution < 1.29 is 4.74 Å². The molecule has 1 saturated heterocycles. The Morgan fingerprint density at radius 1 is 1.19 bits per heavy atom. The van der Waals surface area contributed by atoms with E-state index in [0.29, 0.717) is 24.2 Å². The first kappa shape index (κ1) is 12.3. The Morgan fingerprint density at radius 2 is 1.94 bits per heavy atom. The maximum atomic E-state index is 6.03. The van der Waals surface area contributed by atoms with Crippen LogP contribution >= 0.6 is 0 Å². The zero-order chi connectivity index (χ0) is 11.5. The van der Waals surface area contributed by atoms with Crippen LogP contribution in [-0.4, -0.2) is 42.8 Å². The Hall–Kier alpha value is -0.120. The monoisotopic (exact) mass is 226 g/mol. The normalized spacial score (nSPS) is 42.2. The van der Waals surface area contributed by atoms with E-state index in [1.54, 1.807) is 0 Å². The van der Waals surface area contributed by atoms with Crippen LogP contribution in [0.1, 0.15) is 45.4 Å². The molecule has 0 bridgehead atoms. The van der Waals surface area contributed by atoms with Crippen LogP contribution in [0.2, 0.25) is 0 Å². The van der Waals surface area contributed by atoms with Crippen LogP contribution in [-0.2, 0) is 4.74 Å². The quantitative estimate of drug-likeness (QED) is 0.779. The first-order chi connectivity index (χ1) is 7.72. The molecule has 16 heavy (non-hydrogen) atoms. The largest absolute Gasteiger partial charge is 0.380 e. The third-order valence-corrected chi connectivity index (χ3v) is 4.36. The molecule has 3 nitrogen and oxygen atoms in total. The minimum absolute atomic E-state index is 0.413. The molecule has 0 aromatic carbocycles. The lowest BCUT2D eigenvalue weighted by Crippen LogP contribution is -2.55. The van der Waals surface area contributed by atoms with Crippen LogP contribution in [0.5, 0.6) is 0 Å². The molecule has 4 unspecified atom stereocenters. The summed E-state index contributed by atoms with van der Waals surface area (Å²) in [7, 11) is 1.86. The Balaban J connectivity index is 1.98. The molecule has 1 heterocycles. The second-order valence-corrected chi connectivity index (χ2v) is 5.50. The van der Waals surface area contributed by atoms with Gasteiger partial charge in [-0.25, -0.2) is 0 Å². The number of nitrogens with zero attached hydrogens (tertiary/aromatic N) is 1. The van der Waals surface area contributed by atoms with Crippen molar-refractivity contribution in [3.05, 3.63) is 0 Å². The molecule has 0 spiro atoms. The molecule has 2 fully saturated rings. The number of likely N-dealkylation sites (tertiary alicyclic amines) is 1. The summed E-state index contributed by atoms with van der Waals surface area (Å²) < 4.78 is 5.66. The van der Waals surface area contributed by atoms with Gasteiger partial charge in [0, 0.05) is 31.8 Å². The van der Waals surface area contributed by atoms with Crippen molar-refractivity contribution in [2.24, 2.45) is 5.73 Å². The summed E-state index contributed by atoms with van der Waals surface area (Å²) in [4.78, 5) is 2.65. The van der Waals surface area contributed by atoms with Crippen molar-refractivity contribution in [2.75, 3.05) is 13.7 Å². The van der Waals surface area contributed by atoms with Gasteiger partial charge in [0.25, 0.3) is 0 Å². The van der Waals surface area contributed by atoms with E-state index in [-0.39, 0.29) is 0 Å². The van der Waals surface area contributed by atoms with Gasteiger partial charge >= 0.3 is 0 Å². The Morgan fingerprint density at radius 3 is 2.62 bits per heavy atom. The molecule has 2 aliphatic rings. The van der Waals surface area contributed by atoms with Gasteiger partial charge in [-0.2, -0.15) is 0 Å². The van der Waals surface area contributed by atoms with E-state index in [2.05, 4.69) is 11.8 Å². The van der Waals surface area contributed by atoms with Gasteiger partial charge in [0.2, 0.25) is 0 Å². The van der Waals surface area contributed by atoms with Gasteiger partial charge in [-0.1, -0.05) is 12.8 Å². The van der Waals surface area contributed by atoms with Gasteiger partial charge in [-0.3, -0.25) is 4.90 Å². The molecule has 2 rings (SSSR count). The zero-order valence-electron chi connectivity index (χ0n) is 10.7. The molecule has 4 atom stereocenters. The molecule has 1 saturated carbocycles. The van der Waals surface area contributed by atoms with E-state index in [4.69, 9.17) is 10.5 Å². The summed E-state index contributed by atoms with van der Waals surface area (Å²) in [5, 5.41) is 0. The average molecular weight is 226 g/mol. The second-order valence-electron chi connectivity index (χ2n) is 5.50. The van der Waals surface area contributed by atoms with E-state index in [1.807, 2.05) is 7.11 Å². The van der Waals surface area contributed by atoms with Gasteiger partial charge in [-0.15, -0.1) is 0 Å². The molecule has 0 amide bonds. The van der Waals surface area contributed by atoms with Gasteiger partial charge in [0.15, 0.2) is 0 Å². The van der Waals surface area contributed by atoms with E-state index < -0.39 is 0 Å². The zero-order valence-corrected chi connectivity index (χ0v) is 10.7. The molecule has 94 valence electrons. The molecule has 2 N–H and O–H groups in total.